The van der Waals surface area contributed by atoms with Crippen molar-refractivity contribution in [3.05, 3.63) is 46.7 Å². The van der Waals surface area contributed by atoms with Crippen LogP contribution in [0.4, 0.5) is 5.95 Å². The molecule has 2 aromatic heterocycles. The molecule has 2 heterocycles. The Balaban J connectivity index is 2.38. The number of hydrogen-bond donors (Lipinski definition) is 1. The van der Waals surface area contributed by atoms with E-state index in [1.165, 1.54) is 0 Å². The van der Waals surface area contributed by atoms with E-state index in [-0.39, 0.29) is 0 Å². The summed E-state index contributed by atoms with van der Waals surface area (Å²) in [5.74, 6) is 0.349. The maximum Gasteiger partial charge on any atom is 0.206 e. The number of rotatable bonds is 1. The molecular formula is C12H8Cl2N4. The van der Waals surface area contributed by atoms with E-state index >= 15 is 0 Å². The van der Waals surface area contributed by atoms with Crippen LogP contribution in [0, 0.1) is 0 Å². The minimum atomic E-state index is 0.349. The number of pyridine rings is 1. The summed E-state index contributed by atoms with van der Waals surface area (Å²) >= 11 is 12.1. The van der Waals surface area contributed by atoms with E-state index in [1.807, 2.05) is 12.1 Å². The molecular weight excluding hydrogens is 271 g/mol. The van der Waals surface area contributed by atoms with Gasteiger partial charge in [-0.05, 0) is 18.2 Å². The zero-order valence-electron chi connectivity index (χ0n) is 9.14. The van der Waals surface area contributed by atoms with Crippen LogP contribution in [0.1, 0.15) is 0 Å². The molecule has 0 bridgehead atoms. The van der Waals surface area contributed by atoms with Crippen LogP contribution in [0.3, 0.4) is 0 Å². The second-order valence-corrected chi connectivity index (χ2v) is 4.62. The first kappa shape index (κ1) is 11.3. The molecule has 0 aliphatic carbocycles. The lowest BCUT2D eigenvalue weighted by molar-refractivity contribution is 1.11. The molecule has 0 aliphatic heterocycles. The van der Waals surface area contributed by atoms with Crippen molar-refractivity contribution in [2.24, 2.45) is 0 Å². The number of halogens is 2. The number of nitrogen functional groups attached to an aromatic ring is 1. The van der Waals surface area contributed by atoms with E-state index in [1.54, 1.807) is 29.1 Å². The Morgan fingerprint density at radius 3 is 2.78 bits per heavy atom. The van der Waals surface area contributed by atoms with E-state index < -0.39 is 0 Å². The van der Waals surface area contributed by atoms with E-state index in [2.05, 4.69) is 9.97 Å². The van der Waals surface area contributed by atoms with Gasteiger partial charge in [-0.25, -0.2) is 4.98 Å². The summed E-state index contributed by atoms with van der Waals surface area (Å²) in [5, 5.41) is 1.12. The fraction of sp³-hybridized carbons (Fsp3) is 0. The molecule has 2 N–H and O–H groups in total. The summed E-state index contributed by atoms with van der Waals surface area (Å²) in [7, 11) is 0. The van der Waals surface area contributed by atoms with Gasteiger partial charge in [-0.15, -0.1) is 0 Å². The highest BCUT2D eigenvalue weighted by atomic mass is 35.5. The van der Waals surface area contributed by atoms with Crippen molar-refractivity contribution in [3.63, 3.8) is 0 Å². The maximum absolute atomic E-state index is 6.15. The third-order valence-electron chi connectivity index (χ3n) is 2.61. The van der Waals surface area contributed by atoms with Gasteiger partial charge in [0.2, 0.25) is 5.95 Å². The minimum Gasteiger partial charge on any atom is -0.369 e. The highest BCUT2D eigenvalue weighted by molar-refractivity contribution is 6.35. The van der Waals surface area contributed by atoms with E-state index in [4.69, 9.17) is 28.9 Å². The fourth-order valence-electron chi connectivity index (χ4n) is 1.89. The van der Waals surface area contributed by atoms with Gasteiger partial charge < -0.3 is 5.73 Å². The summed E-state index contributed by atoms with van der Waals surface area (Å²) in [5.41, 5.74) is 8.12. The standard InChI is InChI=1S/C12H8Cl2N4/c13-7-2-1-3-8(4-7)18-11-9(14)5-16-6-10(11)17-12(18)15/h1-6H,(H2,15,17). The van der Waals surface area contributed by atoms with Crippen molar-refractivity contribution in [1.82, 2.24) is 14.5 Å². The zero-order valence-corrected chi connectivity index (χ0v) is 10.7. The van der Waals surface area contributed by atoms with Crippen molar-refractivity contribution < 1.29 is 0 Å². The summed E-state index contributed by atoms with van der Waals surface area (Å²) in [6.45, 7) is 0. The van der Waals surface area contributed by atoms with E-state index in [0.29, 0.717) is 21.5 Å². The summed E-state index contributed by atoms with van der Waals surface area (Å²) in [6, 6.07) is 7.33. The average molecular weight is 279 g/mol. The van der Waals surface area contributed by atoms with E-state index in [0.717, 1.165) is 11.2 Å². The summed E-state index contributed by atoms with van der Waals surface area (Å²) < 4.78 is 1.76. The van der Waals surface area contributed by atoms with Crippen LogP contribution in [-0.4, -0.2) is 14.5 Å². The Kier molecular flexibility index (Phi) is 2.61. The fourth-order valence-corrected chi connectivity index (χ4v) is 2.31. The molecule has 0 amide bonds. The van der Waals surface area contributed by atoms with Crippen LogP contribution in [0.5, 0.6) is 0 Å². The van der Waals surface area contributed by atoms with Gasteiger partial charge in [-0.1, -0.05) is 29.3 Å². The van der Waals surface area contributed by atoms with Crippen LogP contribution in [0.25, 0.3) is 16.7 Å². The lowest BCUT2D eigenvalue weighted by atomic mass is 10.3. The predicted octanol–water partition coefficient (Wildman–Crippen LogP) is 3.31. The van der Waals surface area contributed by atoms with E-state index in [9.17, 15) is 0 Å². The Labute approximate surface area is 113 Å². The van der Waals surface area contributed by atoms with Gasteiger partial charge in [-0.3, -0.25) is 9.55 Å². The van der Waals surface area contributed by atoms with Gasteiger partial charge in [0.1, 0.15) is 5.52 Å². The van der Waals surface area contributed by atoms with Gasteiger partial charge in [0.25, 0.3) is 0 Å². The Bertz CT molecular complexity index is 736. The van der Waals surface area contributed by atoms with Crippen molar-refractivity contribution in [2.45, 2.75) is 0 Å². The molecule has 0 fully saturated rings. The van der Waals surface area contributed by atoms with Gasteiger partial charge in [0.15, 0.2) is 0 Å². The van der Waals surface area contributed by atoms with Gasteiger partial charge >= 0.3 is 0 Å². The molecule has 0 saturated heterocycles. The van der Waals surface area contributed by atoms with Crippen molar-refractivity contribution in [2.75, 3.05) is 5.73 Å². The second kappa shape index (κ2) is 4.15. The molecule has 18 heavy (non-hydrogen) atoms. The van der Waals surface area contributed by atoms with Crippen molar-refractivity contribution in [3.8, 4) is 5.69 Å². The largest absolute Gasteiger partial charge is 0.369 e. The molecule has 0 saturated carbocycles. The highest BCUT2D eigenvalue weighted by Gasteiger charge is 2.13. The molecule has 6 heteroatoms. The molecule has 1 aromatic carbocycles. The molecule has 0 atom stereocenters. The predicted molar refractivity (Wildman–Crippen MR) is 73.3 cm³/mol. The van der Waals surface area contributed by atoms with Crippen molar-refractivity contribution in [1.29, 1.82) is 0 Å². The molecule has 0 radical (unpaired) electrons. The molecule has 3 aromatic rings. The first-order valence-corrected chi connectivity index (χ1v) is 5.96. The molecule has 0 aliphatic rings. The smallest absolute Gasteiger partial charge is 0.206 e. The first-order chi connectivity index (χ1) is 8.66. The maximum atomic E-state index is 6.15. The van der Waals surface area contributed by atoms with Crippen molar-refractivity contribution >= 4 is 40.2 Å². The number of aromatic nitrogens is 3. The van der Waals surface area contributed by atoms with Gasteiger partial charge in [0.05, 0.1) is 22.4 Å². The zero-order chi connectivity index (χ0) is 12.7. The third kappa shape index (κ3) is 1.70. The highest BCUT2D eigenvalue weighted by Crippen LogP contribution is 2.28. The van der Waals surface area contributed by atoms with Crippen LogP contribution in [-0.2, 0) is 0 Å². The Morgan fingerprint density at radius 2 is 2.00 bits per heavy atom. The van der Waals surface area contributed by atoms with Crippen LogP contribution in [0.2, 0.25) is 10.0 Å². The number of anilines is 1. The Morgan fingerprint density at radius 1 is 1.17 bits per heavy atom. The lowest BCUT2D eigenvalue weighted by Crippen LogP contribution is -2.00. The number of fused-ring (bicyclic) bond motifs is 1. The second-order valence-electron chi connectivity index (χ2n) is 3.77. The topological polar surface area (TPSA) is 56.7 Å². The number of benzene rings is 1. The SMILES string of the molecule is Nc1nc2cncc(Cl)c2n1-c1cccc(Cl)c1. The van der Waals surface area contributed by atoms with Crippen LogP contribution in [0.15, 0.2) is 36.7 Å². The van der Waals surface area contributed by atoms with Crippen LogP contribution < -0.4 is 5.73 Å². The normalized spacial score (nSPS) is 11.0. The lowest BCUT2D eigenvalue weighted by Gasteiger charge is -2.07. The average Bonchev–Trinajstić information content (AvgIpc) is 2.67. The number of nitrogens with zero attached hydrogens (tertiary/aromatic N) is 3. The Hall–Kier alpha value is -1.78. The third-order valence-corrected chi connectivity index (χ3v) is 3.12. The molecule has 4 nitrogen and oxygen atoms in total. The summed E-state index contributed by atoms with van der Waals surface area (Å²) in [6.07, 6.45) is 3.19. The van der Waals surface area contributed by atoms with Crippen LogP contribution >= 0.6 is 23.2 Å². The molecule has 90 valence electrons. The molecule has 0 spiro atoms. The van der Waals surface area contributed by atoms with Gasteiger partial charge in [0, 0.05) is 11.2 Å². The monoisotopic (exact) mass is 278 g/mol. The number of hydrogen-bond acceptors (Lipinski definition) is 3. The first-order valence-electron chi connectivity index (χ1n) is 5.20. The summed E-state index contributed by atoms with van der Waals surface area (Å²) in [4.78, 5) is 8.22. The number of imidazole rings is 1. The molecule has 3 rings (SSSR count). The van der Waals surface area contributed by atoms with Gasteiger partial charge in [-0.2, -0.15) is 0 Å². The minimum absolute atomic E-state index is 0.349. The number of nitrogens with two attached hydrogens (primary N) is 1. The quantitative estimate of drug-likeness (QED) is 0.743. The molecule has 0 unspecified atom stereocenters.